The Morgan fingerprint density at radius 3 is 2.67 bits per heavy atom. The third-order valence-corrected chi connectivity index (χ3v) is 5.73. The number of aliphatic imine (C=N–C) groups is 1. The molecule has 0 bridgehead atoms. The quantitative estimate of drug-likeness (QED) is 0.804. The topological polar surface area (TPSA) is 41.6 Å². The van der Waals surface area contributed by atoms with Crippen LogP contribution in [0.3, 0.4) is 0 Å². The Labute approximate surface area is 127 Å². The average molecular weight is 283 g/mol. The van der Waals surface area contributed by atoms with Crippen LogP contribution >= 0.6 is 0 Å². The van der Waals surface area contributed by atoms with Crippen LogP contribution in [0.4, 0.5) is 0 Å². The fourth-order valence-corrected chi connectivity index (χ4v) is 4.72. The van der Waals surface area contributed by atoms with E-state index in [1.807, 2.05) is 0 Å². The summed E-state index contributed by atoms with van der Waals surface area (Å²) in [5.74, 6) is 0.790. The highest BCUT2D eigenvalue weighted by atomic mass is 15.4. The molecule has 21 heavy (non-hydrogen) atoms. The van der Waals surface area contributed by atoms with Crippen LogP contribution in [-0.2, 0) is 12.0 Å². The van der Waals surface area contributed by atoms with Gasteiger partial charge in [-0.3, -0.25) is 4.99 Å². The van der Waals surface area contributed by atoms with Crippen molar-refractivity contribution in [3.63, 3.8) is 0 Å². The van der Waals surface area contributed by atoms with E-state index in [9.17, 15) is 0 Å². The first-order valence-corrected chi connectivity index (χ1v) is 8.49. The highest BCUT2D eigenvalue weighted by Gasteiger charge is 2.49. The van der Waals surface area contributed by atoms with E-state index in [-0.39, 0.29) is 5.54 Å². The fraction of sp³-hybridized carbons (Fsp3) is 0.611. The second-order valence-electron chi connectivity index (χ2n) is 6.88. The lowest BCUT2D eigenvalue weighted by Gasteiger charge is -2.42. The summed E-state index contributed by atoms with van der Waals surface area (Å²) in [7, 11) is 0. The van der Waals surface area contributed by atoms with Gasteiger partial charge in [0.15, 0.2) is 5.96 Å². The van der Waals surface area contributed by atoms with E-state index in [4.69, 9.17) is 5.73 Å². The summed E-state index contributed by atoms with van der Waals surface area (Å²) in [6.45, 7) is 0.854. The van der Waals surface area contributed by atoms with Crippen molar-refractivity contribution in [2.45, 2.75) is 62.9 Å². The number of rotatable bonds is 1. The van der Waals surface area contributed by atoms with E-state index in [1.54, 1.807) is 0 Å². The van der Waals surface area contributed by atoms with Gasteiger partial charge in [0.2, 0.25) is 0 Å². The molecule has 3 heteroatoms. The second-order valence-corrected chi connectivity index (χ2v) is 6.88. The number of nitrogens with two attached hydrogens (primary N) is 1. The fourth-order valence-electron chi connectivity index (χ4n) is 4.72. The molecule has 0 aromatic heterocycles. The number of hydrogen-bond acceptors (Lipinski definition) is 3. The summed E-state index contributed by atoms with van der Waals surface area (Å²) in [5, 5.41) is 0. The lowest BCUT2D eigenvalue weighted by atomic mass is 9.88. The number of aryl methyl sites for hydroxylation is 1. The molecule has 1 spiro atoms. The average Bonchev–Trinajstić information content (AvgIpc) is 2.91. The summed E-state index contributed by atoms with van der Waals surface area (Å²) >= 11 is 0. The molecule has 0 amide bonds. The van der Waals surface area contributed by atoms with Gasteiger partial charge in [0.25, 0.3) is 0 Å². The maximum atomic E-state index is 6.35. The minimum atomic E-state index is 0.0652. The van der Waals surface area contributed by atoms with Crippen molar-refractivity contribution in [2.24, 2.45) is 10.7 Å². The molecule has 1 heterocycles. The minimum Gasteiger partial charge on any atom is -0.370 e. The lowest BCUT2D eigenvalue weighted by molar-refractivity contribution is 0.135. The van der Waals surface area contributed by atoms with Crippen LogP contribution < -0.4 is 5.73 Å². The van der Waals surface area contributed by atoms with Gasteiger partial charge < -0.3 is 10.6 Å². The van der Waals surface area contributed by atoms with E-state index < -0.39 is 0 Å². The molecule has 2 N–H and O–H groups in total. The van der Waals surface area contributed by atoms with Crippen LogP contribution in [0.25, 0.3) is 0 Å². The monoisotopic (exact) mass is 283 g/mol. The molecule has 3 aliphatic rings. The first kappa shape index (κ1) is 13.2. The van der Waals surface area contributed by atoms with Gasteiger partial charge >= 0.3 is 0 Å². The van der Waals surface area contributed by atoms with E-state index in [0.29, 0.717) is 6.04 Å². The molecule has 4 rings (SSSR count). The molecule has 1 aliphatic heterocycles. The summed E-state index contributed by atoms with van der Waals surface area (Å²) in [5.41, 5.74) is 9.40. The number of fused-ring (bicyclic) bond motifs is 2. The number of nitrogens with zero attached hydrogens (tertiary/aromatic N) is 2. The van der Waals surface area contributed by atoms with Gasteiger partial charge in [0.05, 0.1) is 12.1 Å². The maximum absolute atomic E-state index is 6.35. The Morgan fingerprint density at radius 1 is 1.10 bits per heavy atom. The Bertz CT molecular complexity index is 557. The normalized spacial score (nSPS) is 29.5. The molecule has 0 radical (unpaired) electrons. The van der Waals surface area contributed by atoms with Gasteiger partial charge in [-0.05, 0) is 36.8 Å². The standard InChI is InChI=1S/C18H25N3/c19-17-20-13-18(12-11-14-7-5-6-10-16(14)18)21(17)15-8-3-1-2-4-9-15/h5-7,10,15H,1-4,8-9,11-13H2,(H2,19,20). The zero-order chi connectivity index (χ0) is 14.3. The largest absolute Gasteiger partial charge is 0.370 e. The van der Waals surface area contributed by atoms with Crippen LogP contribution in [-0.4, -0.2) is 23.4 Å². The van der Waals surface area contributed by atoms with Crippen LogP contribution in [0.2, 0.25) is 0 Å². The van der Waals surface area contributed by atoms with Gasteiger partial charge in [0.1, 0.15) is 0 Å². The van der Waals surface area contributed by atoms with E-state index in [0.717, 1.165) is 12.5 Å². The van der Waals surface area contributed by atoms with Gasteiger partial charge in [-0.15, -0.1) is 0 Å². The molecule has 1 aromatic rings. The van der Waals surface area contributed by atoms with Crippen LogP contribution in [0, 0.1) is 0 Å². The van der Waals surface area contributed by atoms with Crippen LogP contribution in [0.15, 0.2) is 29.3 Å². The van der Waals surface area contributed by atoms with Gasteiger partial charge in [-0.25, -0.2) is 0 Å². The molecule has 0 saturated heterocycles. The predicted octanol–water partition coefficient (Wildman–Crippen LogP) is 3.18. The summed E-state index contributed by atoms with van der Waals surface area (Å²) in [6, 6.07) is 9.51. The summed E-state index contributed by atoms with van der Waals surface area (Å²) < 4.78 is 0. The van der Waals surface area contributed by atoms with Crippen molar-refractivity contribution in [1.82, 2.24) is 4.90 Å². The smallest absolute Gasteiger partial charge is 0.192 e. The Hall–Kier alpha value is -1.51. The molecule has 3 nitrogen and oxygen atoms in total. The first-order valence-electron chi connectivity index (χ1n) is 8.49. The van der Waals surface area contributed by atoms with Gasteiger partial charge in [-0.2, -0.15) is 0 Å². The summed E-state index contributed by atoms with van der Waals surface area (Å²) in [6.07, 6.45) is 10.3. The van der Waals surface area contributed by atoms with Crippen molar-refractivity contribution in [2.75, 3.05) is 6.54 Å². The Balaban J connectivity index is 1.72. The van der Waals surface area contributed by atoms with Crippen molar-refractivity contribution >= 4 is 5.96 Å². The van der Waals surface area contributed by atoms with E-state index in [1.165, 1.54) is 62.5 Å². The van der Waals surface area contributed by atoms with Crippen molar-refractivity contribution < 1.29 is 0 Å². The highest BCUT2D eigenvalue weighted by molar-refractivity contribution is 5.82. The van der Waals surface area contributed by atoms with Crippen LogP contribution in [0.5, 0.6) is 0 Å². The molecule has 112 valence electrons. The molecule has 1 unspecified atom stereocenters. The molecule has 1 saturated carbocycles. The second kappa shape index (κ2) is 5.04. The highest BCUT2D eigenvalue weighted by Crippen LogP contribution is 2.46. The summed E-state index contributed by atoms with van der Waals surface area (Å²) in [4.78, 5) is 7.20. The number of hydrogen-bond donors (Lipinski definition) is 1. The lowest BCUT2D eigenvalue weighted by Crippen LogP contribution is -2.53. The SMILES string of the molecule is NC1=NCC2(CCc3ccccc32)N1C1CCCCCC1. The van der Waals surface area contributed by atoms with E-state index in [2.05, 4.69) is 34.2 Å². The number of guanidine groups is 1. The third kappa shape index (κ3) is 1.97. The van der Waals surface area contributed by atoms with Gasteiger partial charge in [0, 0.05) is 6.04 Å². The molecule has 1 aromatic carbocycles. The molecule has 1 fully saturated rings. The first-order chi connectivity index (χ1) is 10.3. The Kier molecular flexibility index (Phi) is 3.16. The van der Waals surface area contributed by atoms with Crippen molar-refractivity contribution in [1.29, 1.82) is 0 Å². The minimum absolute atomic E-state index is 0.0652. The molecular weight excluding hydrogens is 258 g/mol. The number of benzene rings is 1. The van der Waals surface area contributed by atoms with Crippen molar-refractivity contribution in [3.8, 4) is 0 Å². The van der Waals surface area contributed by atoms with E-state index >= 15 is 0 Å². The predicted molar refractivity (Wildman–Crippen MR) is 86.3 cm³/mol. The van der Waals surface area contributed by atoms with Crippen LogP contribution in [0.1, 0.15) is 56.1 Å². The Morgan fingerprint density at radius 2 is 1.86 bits per heavy atom. The maximum Gasteiger partial charge on any atom is 0.192 e. The molecule has 2 aliphatic carbocycles. The third-order valence-electron chi connectivity index (χ3n) is 5.73. The zero-order valence-corrected chi connectivity index (χ0v) is 12.7. The van der Waals surface area contributed by atoms with Crippen molar-refractivity contribution in [3.05, 3.63) is 35.4 Å². The zero-order valence-electron chi connectivity index (χ0n) is 12.7. The molecule has 1 atom stereocenters. The van der Waals surface area contributed by atoms with Gasteiger partial charge in [-0.1, -0.05) is 49.9 Å². The molecular formula is C18H25N3.